The quantitative estimate of drug-likeness (QED) is 0.854. The number of benzene rings is 1. The molecule has 1 amide bonds. The standard InChI is InChI=1S/C14H12Cl2N2O2/c15-11-7-17-13(16)6-10(11)14(20)18-12(8-19)9-4-2-1-3-5-9/h1-7,12,19H,8H2,(H,18,20). The van der Waals surface area contributed by atoms with Crippen molar-refractivity contribution >= 4 is 29.1 Å². The number of carbonyl (C=O) groups excluding carboxylic acids is 1. The third-order valence-corrected chi connectivity index (χ3v) is 3.26. The van der Waals surface area contributed by atoms with Gasteiger partial charge in [-0.1, -0.05) is 53.5 Å². The van der Waals surface area contributed by atoms with Crippen molar-refractivity contribution in [3.63, 3.8) is 0 Å². The highest BCUT2D eigenvalue weighted by molar-refractivity contribution is 6.35. The van der Waals surface area contributed by atoms with Gasteiger partial charge in [-0.05, 0) is 11.6 Å². The zero-order chi connectivity index (χ0) is 14.5. The third kappa shape index (κ3) is 3.48. The lowest BCUT2D eigenvalue weighted by Crippen LogP contribution is -2.31. The van der Waals surface area contributed by atoms with Crippen molar-refractivity contribution in [3.05, 3.63) is 63.9 Å². The van der Waals surface area contributed by atoms with Gasteiger partial charge in [-0.15, -0.1) is 0 Å². The van der Waals surface area contributed by atoms with Gasteiger partial charge in [0, 0.05) is 6.20 Å². The number of carbonyl (C=O) groups is 1. The summed E-state index contributed by atoms with van der Waals surface area (Å²) < 4.78 is 0. The molecule has 1 aromatic heterocycles. The van der Waals surface area contributed by atoms with Crippen LogP contribution < -0.4 is 5.32 Å². The van der Waals surface area contributed by atoms with Crippen LogP contribution in [0.15, 0.2) is 42.6 Å². The maximum atomic E-state index is 12.2. The Morgan fingerprint density at radius 3 is 2.65 bits per heavy atom. The lowest BCUT2D eigenvalue weighted by molar-refractivity contribution is 0.0916. The highest BCUT2D eigenvalue weighted by Gasteiger charge is 2.17. The Labute approximate surface area is 126 Å². The fourth-order valence-corrected chi connectivity index (χ4v) is 2.09. The van der Waals surface area contributed by atoms with Crippen LogP contribution in [0.3, 0.4) is 0 Å². The first-order valence-electron chi connectivity index (χ1n) is 5.89. The Bertz CT molecular complexity index is 605. The highest BCUT2D eigenvalue weighted by Crippen LogP contribution is 2.19. The van der Waals surface area contributed by atoms with Crippen LogP contribution >= 0.6 is 23.2 Å². The van der Waals surface area contributed by atoms with E-state index >= 15 is 0 Å². The lowest BCUT2D eigenvalue weighted by Gasteiger charge is -2.17. The molecule has 104 valence electrons. The monoisotopic (exact) mass is 310 g/mol. The van der Waals surface area contributed by atoms with E-state index in [1.807, 2.05) is 30.3 Å². The summed E-state index contributed by atoms with van der Waals surface area (Å²) in [6.45, 7) is -0.216. The second kappa shape index (κ2) is 6.70. The van der Waals surface area contributed by atoms with Crippen LogP contribution in [0.1, 0.15) is 22.0 Å². The number of pyridine rings is 1. The normalized spacial score (nSPS) is 11.9. The number of hydrogen-bond acceptors (Lipinski definition) is 3. The summed E-state index contributed by atoms with van der Waals surface area (Å²) in [4.78, 5) is 16.0. The molecule has 2 aromatic rings. The molecule has 0 radical (unpaired) electrons. The largest absolute Gasteiger partial charge is 0.394 e. The topological polar surface area (TPSA) is 62.2 Å². The molecule has 4 nitrogen and oxygen atoms in total. The highest BCUT2D eigenvalue weighted by atomic mass is 35.5. The molecule has 1 atom stereocenters. The van der Waals surface area contributed by atoms with Crippen molar-refractivity contribution < 1.29 is 9.90 Å². The van der Waals surface area contributed by atoms with E-state index < -0.39 is 11.9 Å². The zero-order valence-electron chi connectivity index (χ0n) is 10.4. The Balaban J connectivity index is 2.20. The molecule has 0 saturated heterocycles. The molecular formula is C14H12Cl2N2O2. The van der Waals surface area contributed by atoms with Gasteiger partial charge in [0.05, 0.1) is 23.2 Å². The van der Waals surface area contributed by atoms with E-state index in [1.54, 1.807) is 0 Å². The molecule has 0 aliphatic carbocycles. The smallest absolute Gasteiger partial charge is 0.253 e. The molecule has 1 aromatic carbocycles. The number of nitrogens with one attached hydrogen (secondary N) is 1. The fourth-order valence-electron chi connectivity index (χ4n) is 1.74. The van der Waals surface area contributed by atoms with Crippen LogP contribution in [-0.2, 0) is 0 Å². The summed E-state index contributed by atoms with van der Waals surface area (Å²) in [5, 5.41) is 12.5. The van der Waals surface area contributed by atoms with Gasteiger partial charge in [0.25, 0.3) is 5.91 Å². The summed E-state index contributed by atoms with van der Waals surface area (Å²) >= 11 is 11.7. The van der Waals surface area contributed by atoms with Crippen LogP contribution in [0.2, 0.25) is 10.2 Å². The van der Waals surface area contributed by atoms with Gasteiger partial charge in [-0.25, -0.2) is 4.98 Å². The van der Waals surface area contributed by atoms with Gasteiger partial charge < -0.3 is 10.4 Å². The minimum atomic E-state index is -0.508. The van der Waals surface area contributed by atoms with Crippen molar-refractivity contribution in [2.24, 2.45) is 0 Å². The van der Waals surface area contributed by atoms with Crippen LogP contribution in [0, 0.1) is 0 Å². The maximum Gasteiger partial charge on any atom is 0.253 e. The summed E-state index contributed by atoms with van der Waals surface area (Å²) in [5.74, 6) is -0.415. The molecule has 0 fully saturated rings. The first-order chi connectivity index (χ1) is 9.61. The molecule has 0 saturated carbocycles. The number of aliphatic hydroxyl groups is 1. The summed E-state index contributed by atoms with van der Waals surface area (Å²) in [7, 11) is 0. The molecule has 0 aliphatic heterocycles. The van der Waals surface area contributed by atoms with Gasteiger partial charge in [-0.3, -0.25) is 4.79 Å². The number of nitrogens with zero attached hydrogens (tertiary/aromatic N) is 1. The lowest BCUT2D eigenvalue weighted by atomic mass is 10.1. The first-order valence-corrected chi connectivity index (χ1v) is 6.65. The Morgan fingerprint density at radius 2 is 2.00 bits per heavy atom. The predicted octanol–water partition coefficient (Wildman–Crippen LogP) is 2.85. The second-order valence-electron chi connectivity index (χ2n) is 4.11. The molecule has 0 aliphatic rings. The molecule has 1 unspecified atom stereocenters. The fraction of sp³-hybridized carbons (Fsp3) is 0.143. The van der Waals surface area contributed by atoms with E-state index in [4.69, 9.17) is 23.2 Å². The van der Waals surface area contributed by atoms with E-state index in [0.29, 0.717) is 0 Å². The number of rotatable bonds is 4. The van der Waals surface area contributed by atoms with Crippen LogP contribution in [0.4, 0.5) is 0 Å². The molecular weight excluding hydrogens is 299 g/mol. The molecule has 6 heteroatoms. The summed E-state index contributed by atoms with van der Waals surface area (Å²) in [6, 6.07) is 10.1. The molecule has 20 heavy (non-hydrogen) atoms. The van der Waals surface area contributed by atoms with Crippen LogP contribution in [0.5, 0.6) is 0 Å². The molecule has 2 rings (SSSR count). The second-order valence-corrected chi connectivity index (χ2v) is 4.90. The van der Waals surface area contributed by atoms with Crippen molar-refractivity contribution in [1.82, 2.24) is 10.3 Å². The van der Waals surface area contributed by atoms with Gasteiger partial charge in [-0.2, -0.15) is 0 Å². The van der Waals surface area contributed by atoms with Gasteiger partial charge in [0.2, 0.25) is 0 Å². The molecule has 0 spiro atoms. The Hall–Kier alpha value is -1.62. The predicted molar refractivity (Wildman–Crippen MR) is 78.0 cm³/mol. The van der Waals surface area contributed by atoms with E-state index in [2.05, 4.69) is 10.3 Å². The average Bonchev–Trinajstić information content (AvgIpc) is 2.48. The average molecular weight is 311 g/mol. The van der Waals surface area contributed by atoms with E-state index in [1.165, 1.54) is 12.3 Å². The van der Waals surface area contributed by atoms with E-state index in [9.17, 15) is 9.90 Å². The maximum absolute atomic E-state index is 12.2. The number of aromatic nitrogens is 1. The van der Waals surface area contributed by atoms with Crippen molar-refractivity contribution in [2.45, 2.75) is 6.04 Å². The van der Waals surface area contributed by atoms with Crippen LogP contribution in [0.25, 0.3) is 0 Å². The van der Waals surface area contributed by atoms with Gasteiger partial charge in [0.1, 0.15) is 5.15 Å². The summed E-state index contributed by atoms with van der Waals surface area (Å²) in [6.07, 6.45) is 1.31. The molecule has 2 N–H and O–H groups in total. The first kappa shape index (κ1) is 14.8. The van der Waals surface area contributed by atoms with Crippen LogP contribution in [-0.4, -0.2) is 22.6 Å². The number of halogens is 2. The minimum absolute atomic E-state index is 0.180. The number of hydrogen-bond donors (Lipinski definition) is 2. The summed E-state index contributed by atoms with van der Waals surface area (Å²) in [5.41, 5.74) is 1.03. The molecule has 0 bridgehead atoms. The zero-order valence-corrected chi connectivity index (χ0v) is 11.9. The minimum Gasteiger partial charge on any atom is -0.394 e. The molecule has 1 heterocycles. The number of aliphatic hydroxyl groups excluding tert-OH is 1. The third-order valence-electron chi connectivity index (χ3n) is 2.76. The number of amides is 1. The van der Waals surface area contributed by atoms with Crippen molar-refractivity contribution in [2.75, 3.05) is 6.61 Å². The Morgan fingerprint density at radius 1 is 1.30 bits per heavy atom. The van der Waals surface area contributed by atoms with Gasteiger partial charge in [0.15, 0.2) is 0 Å². The van der Waals surface area contributed by atoms with E-state index in [0.717, 1.165) is 5.56 Å². The van der Waals surface area contributed by atoms with Crippen molar-refractivity contribution in [1.29, 1.82) is 0 Å². The Kier molecular flexibility index (Phi) is 4.95. The van der Waals surface area contributed by atoms with Crippen molar-refractivity contribution in [3.8, 4) is 0 Å². The SMILES string of the molecule is O=C(NC(CO)c1ccccc1)c1cc(Cl)ncc1Cl. The van der Waals surface area contributed by atoms with E-state index in [-0.39, 0.29) is 22.3 Å². The van der Waals surface area contributed by atoms with Gasteiger partial charge >= 0.3 is 0 Å².